The molecule has 96 valence electrons. The zero-order valence-electron chi connectivity index (χ0n) is 10.6. The summed E-state index contributed by atoms with van der Waals surface area (Å²) in [7, 11) is 0. The molecule has 0 saturated carbocycles. The van der Waals surface area contributed by atoms with Crippen molar-refractivity contribution in [1.29, 1.82) is 0 Å². The molecule has 1 atom stereocenters. The van der Waals surface area contributed by atoms with Crippen LogP contribution in [0.15, 0.2) is 28.6 Å². The third kappa shape index (κ3) is 3.54. The molecule has 5 heteroatoms. The van der Waals surface area contributed by atoms with E-state index in [1.54, 1.807) is 11.8 Å². The molecule has 1 aromatic heterocycles. The summed E-state index contributed by atoms with van der Waals surface area (Å²) in [4.78, 5) is 4.42. The Hall–Kier alpha value is -0.910. The summed E-state index contributed by atoms with van der Waals surface area (Å²) < 4.78 is 5.27. The summed E-state index contributed by atoms with van der Waals surface area (Å²) in [6.45, 7) is 4.14. The van der Waals surface area contributed by atoms with Crippen LogP contribution in [0.25, 0.3) is 0 Å². The quantitative estimate of drug-likeness (QED) is 0.854. The maximum absolute atomic E-state index is 6.17. The Morgan fingerprint density at radius 2 is 2.06 bits per heavy atom. The summed E-state index contributed by atoms with van der Waals surface area (Å²) >= 11 is 3.14. The van der Waals surface area contributed by atoms with Crippen molar-refractivity contribution in [3.05, 3.63) is 41.2 Å². The van der Waals surface area contributed by atoms with Gasteiger partial charge in [0, 0.05) is 18.2 Å². The van der Waals surface area contributed by atoms with Gasteiger partial charge in [0.25, 0.3) is 0 Å². The lowest BCUT2D eigenvalue weighted by Crippen LogP contribution is -2.12. The van der Waals surface area contributed by atoms with Gasteiger partial charge in [0.2, 0.25) is 0 Å². The smallest absolute Gasteiger partial charge is 0.170 e. The van der Waals surface area contributed by atoms with E-state index in [0.29, 0.717) is 0 Å². The minimum atomic E-state index is 0.0459. The lowest BCUT2D eigenvalue weighted by atomic mass is 10.1. The zero-order chi connectivity index (χ0) is 13.0. The van der Waals surface area contributed by atoms with Crippen molar-refractivity contribution in [3.8, 4) is 0 Å². The van der Waals surface area contributed by atoms with E-state index in [1.165, 1.54) is 22.7 Å². The average Bonchev–Trinajstić information content (AvgIpc) is 2.85. The number of hydrogen-bond donors (Lipinski definition) is 1. The van der Waals surface area contributed by atoms with E-state index in [-0.39, 0.29) is 6.04 Å². The fourth-order valence-corrected chi connectivity index (χ4v) is 3.22. The normalized spacial score (nSPS) is 12.6. The predicted octanol–water partition coefficient (Wildman–Crippen LogP) is 3.20. The number of thioether (sulfide) groups is 1. The van der Waals surface area contributed by atoms with Gasteiger partial charge in [0.05, 0.1) is 0 Å². The van der Waals surface area contributed by atoms with Gasteiger partial charge in [0.15, 0.2) is 4.34 Å². The van der Waals surface area contributed by atoms with Crippen LogP contribution in [0.3, 0.4) is 0 Å². The van der Waals surface area contributed by atoms with Crippen LogP contribution in [-0.2, 0) is 6.42 Å². The fraction of sp³-hybridized carbons (Fsp3) is 0.385. The predicted molar refractivity (Wildman–Crippen MR) is 78.1 cm³/mol. The van der Waals surface area contributed by atoms with E-state index in [9.17, 15) is 0 Å². The number of benzene rings is 1. The highest BCUT2D eigenvalue weighted by molar-refractivity contribution is 8.00. The second-order valence-electron chi connectivity index (χ2n) is 4.16. The second kappa shape index (κ2) is 6.31. The highest BCUT2D eigenvalue weighted by Crippen LogP contribution is 2.25. The molecule has 0 aliphatic heterocycles. The Bertz CT molecular complexity index is 493. The highest BCUT2D eigenvalue weighted by Gasteiger charge is 2.09. The average molecular weight is 279 g/mol. The first-order valence-corrected chi connectivity index (χ1v) is 7.72. The van der Waals surface area contributed by atoms with Gasteiger partial charge in [0.1, 0.15) is 5.82 Å². The molecule has 2 rings (SSSR count). The maximum Gasteiger partial charge on any atom is 0.170 e. The molecule has 2 N–H and O–H groups in total. The van der Waals surface area contributed by atoms with Crippen LogP contribution in [0.2, 0.25) is 0 Å². The Morgan fingerprint density at radius 3 is 2.67 bits per heavy atom. The van der Waals surface area contributed by atoms with Crippen molar-refractivity contribution in [3.63, 3.8) is 0 Å². The van der Waals surface area contributed by atoms with Crippen LogP contribution >= 0.6 is 23.3 Å². The molecule has 2 aromatic rings. The van der Waals surface area contributed by atoms with Crippen molar-refractivity contribution in [1.82, 2.24) is 9.36 Å². The van der Waals surface area contributed by atoms with Crippen molar-refractivity contribution in [2.24, 2.45) is 5.73 Å². The van der Waals surface area contributed by atoms with Crippen molar-refractivity contribution in [2.45, 2.75) is 30.6 Å². The van der Waals surface area contributed by atoms with Crippen molar-refractivity contribution < 1.29 is 0 Å². The standard InChI is InChI=1S/C13H17N3S2/c1-3-12-15-13(18-16-12)17-8-11(14)10-6-4-9(2)5-7-10/h4-7,11H,3,8,14H2,1-2H3. The fourth-order valence-electron chi connectivity index (χ4n) is 1.51. The van der Waals surface area contributed by atoms with Gasteiger partial charge in [-0.25, -0.2) is 4.98 Å². The lowest BCUT2D eigenvalue weighted by molar-refractivity contribution is 0.830. The number of nitrogens with two attached hydrogens (primary N) is 1. The monoisotopic (exact) mass is 279 g/mol. The van der Waals surface area contributed by atoms with Crippen LogP contribution in [0.4, 0.5) is 0 Å². The third-order valence-electron chi connectivity index (χ3n) is 2.66. The molecule has 0 spiro atoms. The van der Waals surface area contributed by atoms with E-state index in [2.05, 4.69) is 47.5 Å². The summed E-state index contributed by atoms with van der Waals surface area (Å²) in [5.41, 5.74) is 8.60. The molecule has 0 saturated heterocycles. The van der Waals surface area contributed by atoms with Crippen LogP contribution in [-0.4, -0.2) is 15.1 Å². The molecular formula is C13H17N3S2. The number of aromatic nitrogens is 2. The molecule has 1 heterocycles. The van der Waals surface area contributed by atoms with Gasteiger partial charge in [-0.15, -0.1) is 0 Å². The van der Waals surface area contributed by atoms with Crippen molar-refractivity contribution in [2.75, 3.05) is 5.75 Å². The molecule has 1 aromatic carbocycles. The van der Waals surface area contributed by atoms with Crippen molar-refractivity contribution >= 4 is 23.3 Å². The minimum Gasteiger partial charge on any atom is -0.323 e. The molecule has 0 amide bonds. The Labute approximate surface area is 116 Å². The minimum absolute atomic E-state index is 0.0459. The molecule has 3 nitrogen and oxygen atoms in total. The molecule has 18 heavy (non-hydrogen) atoms. The molecule has 0 aliphatic carbocycles. The number of nitrogens with zero attached hydrogens (tertiary/aromatic N) is 2. The first-order chi connectivity index (χ1) is 8.69. The van der Waals surface area contributed by atoms with Crippen LogP contribution < -0.4 is 5.73 Å². The van der Waals surface area contributed by atoms with E-state index in [4.69, 9.17) is 5.73 Å². The molecule has 0 aliphatic rings. The Balaban J connectivity index is 1.91. The molecule has 0 radical (unpaired) electrons. The van der Waals surface area contributed by atoms with Crippen LogP contribution in [0.5, 0.6) is 0 Å². The number of rotatable bonds is 5. The first-order valence-electron chi connectivity index (χ1n) is 5.96. The summed E-state index contributed by atoms with van der Waals surface area (Å²) in [6, 6.07) is 8.43. The van der Waals surface area contributed by atoms with E-state index < -0.39 is 0 Å². The Kier molecular flexibility index (Phi) is 4.74. The van der Waals surface area contributed by atoms with Gasteiger partial charge >= 0.3 is 0 Å². The van der Waals surface area contributed by atoms with Gasteiger partial charge in [-0.05, 0) is 24.0 Å². The second-order valence-corrected chi connectivity index (χ2v) is 6.18. The highest BCUT2D eigenvalue weighted by atomic mass is 32.2. The largest absolute Gasteiger partial charge is 0.323 e. The van der Waals surface area contributed by atoms with Gasteiger partial charge < -0.3 is 5.73 Å². The molecule has 0 fully saturated rings. The van der Waals surface area contributed by atoms with E-state index >= 15 is 0 Å². The summed E-state index contributed by atoms with van der Waals surface area (Å²) in [5, 5.41) is 0. The van der Waals surface area contributed by atoms with Crippen LogP contribution in [0, 0.1) is 6.92 Å². The SMILES string of the molecule is CCc1nsc(SCC(N)c2ccc(C)cc2)n1. The first kappa shape index (κ1) is 13.5. The van der Waals surface area contributed by atoms with Gasteiger partial charge in [-0.1, -0.05) is 48.5 Å². The van der Waals surface area contributed by atoms with Gasteiger partial charge in [-0.3, -0.25) is 0 Å². The maximum atomic E-state index is 6.17. The van der Waals surface area contributed by atoms with E-state index in [1.807, 2.05) is 0 Å². The Morgan fingerprint density at radius 1 is 1.33 bits per heavy atom. The third-order valence-corrected chi connectivity index (χ3v) is 4.65. The zero-order valence-corrected chi connectivity index (χ0v) is 12.2. The topological polar surface area (TPSA) is 51.8 Å². The van der Waals surface area contributed by atoms with Crippen LogP contribution in [0.1, 0.15) is 29.9 Å². The molecule has 1 unspecified atom stereocenters. The van der Waals surface area contributed by atoms with Gasteiger partial charge in [-0.2, -0.15) is 4.37 Å². The molecule has 0 bridgehead atoms. The number of hydrogen-bond acceptors (Lipinski definition) is 5. The lowest BCUT2D eigenvalue weighted by Gasteiger charge is -2.10. The molecular weight excluding hydrogens is 262 g/mol. The summed E-state index contributed by atoms with van der Waals surface area (Å²) in [5.74, 6) is 1.76. The van der Waals surface area contributed by atoms with E-state index in [0.717, 1.165) is 22.3 Å². The summed E-state index contributed by atoms with van der Waals surface area (Å²) in [6.07, 6.45) is 0.890. The number of aryl methyl sites for hydroxylation is 2.